The summed E-state index contributed by atoms with van der Waals surface area (Å²) in [6.07, 6.45) is 1.61. The molecule has 0 unspecified atom stereocenters. The number of amides is 1. The Hall–Kier alpha value is -3.38. The Balaban J connectivity index is 1.49. The second kappa shape index (κ2) is 8.78. The number of aromatic carboxylic acids is 1. The van der Waals surface area contributed by atoms with Crippen LogP contribution in [-0.2, 0) is 6.54 Å². The molecule has 31 heavy (non-hydrogen) atoms. The molecule has 1 aliphatic heterocycles. The maximum absolute atomic E-state index is 13.5. The van der Waals surface area contributed by atoms with Crippen molar-refractivity contribution >= 4 is 11.9 Å². The van der Waals surface area contributed by atoms with Crippen molar-refractivity contribution in [3.8, 4) is 11.3 Å². The lowest BCUT2D eigenvalue weighted by Crippen LogP contribution is -2.58. The molecule has 2 atom stereocenters. The number of carboxylic acid groups (broad SMARTS) is 1. The molecule has 0 aliphatic carbocycles. The molecule has 0 bridgehead atoms. The SMILES string of the molecule is C[C@@H]1CN(Cc2ccc(C(=O)O)cc2)C[C@H](C)N1C(=O)c1ccccc1-c1ccco1. The van der Waals surface area contributed by atoms with Gasteiger partial charge in [0, 0.05) is 37.3 Å². The van der Waals surface area contributed by atoms with Crippen LogP contribution in [-0.4, -0.2) is 52.0 Å². The fourth-order valence-electron chi connectivity index (χ4n) is 4.43. The van der Waals surface area contributed by atoms with Crippen molar-refractivity contribution in [2.75, 3.05) is 13.1 Å². The van der Waals surface area contributed by atoms with Crippen molar-refractivity contribution in [2.45, 2.75) is 32.5 Å². The van der Waals surface area contributed by atoms with Crippen LogP contribution < -0.4 is 0 Å². The molecule has 160 valence electrons. The monoisotopic (exact) mass is 418 g/mol. The number of rotatable bonds is 5. The molecule has 0 spiro atoms. The summed E-state index contributed by atoms with van der Waals surface area (Å²) < 4.78 is 5.54. The van der Waals surface area contributed by atoms with Crippen molar-refractivity contribution in [1.82, 2.24) is 9.80 Å². The normalized spacial score (nSPS) is 19.4. The molecule has 3 aromatic rings. The molecule has 1 N–H and O–H groups in total. The van der Waals surface area contributed by atoms with Gasteiger partial charge < -0.3 is 14.4 Å². The Morgan fingerprint density at radius 2 is 1.65 bits per heavy atom. The van der Waals surface area contributed by atoms with Crippen molar-refractivity contribution < 1.29 is 19.1 Å². The minimum absolute atomic E-state index is 0.0115. The molecule has 6 nitrogen and oxygen atoms in total. The van der Waals surface area contributed by atoms with Crippen LogP contribution in [0.2, 0.25) is 0 Å². The number of carboxylic acids is 1. The van der Waals surface area contributed by atoms with Gasteiger partial charge in [0.1, 0.15) is 5.76 Å². The Bertz CT molecular complexity index is 1050. The minimum Gasteiger partial charge on any atom is -0.478 e. The standard InChI is InChI=1S/C25H26N2O4/c1-17-14-26(16-19-9-11-20(12-10-19)25(29)30)15-18(2)27(17)24(28)22-7-4-3-6-21(22)23-8-5-13-31-23/h3-13,17-18H,14-16H2,1-2H3,(H,29,30)/t17-,18+. The third-order valence-corrected chi connectivity index (χ3v) is 5.78. The van der Waals surface area contributed by atoms with Crippen molar-refractivity contribution in [3.05, 3.63) is 83.6 Å². The first-order valence-electron chi connectivity index (χ1n) is 10.4. The molecular formula is C25H26N2O4. The first kappa shape index (κ1) is 20.9. The second-order valence-electron chi connectivity index (χ2n) is 8.13. The number of piperazine rings is 1. The zero-order valence-electron chi connectivity index (χ0n) is 17.7. The number of hydrogen-bond acceptors (Lipinski definition) is 4. The van der Waals surface area contributed by atoms with Gasteiger partial charge >= 0.3 is 5.97 Å². The quantitative estimate of drug-likeness (QED) is 0.666. The van der Waals surface area contributed by atoms with E-state index < -0.39 is 5.97 Å². The first-order chi connectivity index (χ1) is 14.9. The minimum atomic E-state index is -0.921. The molecule has 1 saturated heterocycles. The summed E-state index contributed by atoms with van der Waals surface area (Å²) in [4.78, 5) is 28.8. The topological polar surface area (TPSA) is 74.0 Å². The van der Waals surface area contributed by atoms with Gasteiger partial charge in [-0.2, -0.15) is 0 Å². The molecule has 1 aliphatic rings. The third-order valence-electron chi connectivity index (χ3n) is 5.78. The van der Waals surface area contributed by atoms with Gasteiger partial charge in [0.15, 0.2) is 0 Å². The predicted octanol–water partition coefficient (Wildman–Crippen LogP) is 4.38. The smallest absolute Gasteiger partial charge is 0.335 e. The molecule has 6 heteroatoms. The molecule has 0 saturated carbocycles. The summed E-state index contributed by atoms with van der Waals surface area (Å²) in [6, 6.07) is 18.3. The molecule has 1 amide bonds. The van der Waals surface area contributed by atoms with Gasteiger partial charge in [0.25, 0.3) is 5.91 Å². The lowest BCUT2D eigenvalue weighted by atomic mass is 10.00. The van der Waals surface area contributed by atoms with E-state index in [0.717, 1.165) is 30.8 Å². The van der Waals surface area contributed by atoms with E-state index in [9.17, 15) is 9.59 Å². The molecule has 0 radical (unpaired) electrons. The maximum Gasteiger partial charge on any atom is 0.335 e. The Kier molecular flexibility index (Phi) is 5.91. The number of carbonyl (C=O) groups excluding carboxylic acids is 1. The highest BCUT2D eigenvalue weighted by molar-refractivity contribution is 6.00. The Morgan fingerprint density at radius 3 is 2.26 bits per heavy atom. The lowest BCUT2D eigenvalue weighted by molar-refractivity contribution is 0.0269. The number of carbonyl (C=O) groups is 2. The lowest BCUT2D eigenvalue weighted by Gasteiger charge is -2.44. The zero-order chi connectivity index (χ0) is 22.0. The van der Waals surface area contributed by atoms with Crippen LogP contribution in [0.3, 0.4) is 0 Å². The van der Waals surface area contributed by atoms with E-state index in [1.54, 1.807) is 18.4 Å². The van der Waals surface area contributed by atoms with Crippen LogP contribution in [0.5, 0.6) is 0 Å². The summed E-state index contributed by atoms with van der Waals surface area (Å²) in [5.74, 6) is -0.221. The largest absolute Gasteiger partial charge is 0.478 e. The molecule has 1 fully saturated rings. The number of furan rings is 1. The highest BCUT2D eigenvalue weighted by atomic mass is 16.4. The van der Waals surface area contributed by atoms with Gasteiger partial charge in [-0.3, -0.25) is 9.69 Å². The van der Waals surface area contributed by atoms with Crippen LogP contribution in [0, 0.1) is 0 Å². The summed E-state index contributed by atoms with van der Waals surface area (Å²) in [5, 5.41) is 9.07. The fraction of sp³-hybridized carbons (Fsp3) is 0.280. The van der Waals surface area contributed by atoms with Crippen LogP contribution in [0.15, 0.2) is 71.3 Å². The van der Waals surface area contributed by atoms with Crippen molar-refractivity contribution in [1.29, 1.82) is 0 Å². The second-order valence-corrected chi connectivity index (χ2v) is 8.13. The van der Waals surface area contributed by atoms with E-state index in [4.69, 9.17) is 9.52 Å². The van der Waals surface area contributed by atoms with E-state index in [1.807, 2.05) is 53.4 Å². The molecule has 2 aromatic carbocycles. The Labute approximate surface area is 181 Å². The molecule has 2 heterocycles. The maximum atomic E-state index is 13.5. The van der Waals surface area contributed by atoms with Gasteiger partial charge in [-0.05, 0) is 49.7 Å². The molecule has 1 aromatic heterocycles. The average Bonchev–Trinajstić information content (AvgIpc) is 3.28. The number of benzene rings is 2. The van der Waals surface area contributed by atoms with Gasteiger partial charge in [-0.25, -0.2) is 4.79 Å². The first-order valence-corrected chi connectivity index (χ1v) is 10.4. The highest BCUT2D eigenvalue weighted by Crippen LogP contribution is 2.28. The van der Waals surface area contributed by atoms with Gasteiger partial charge in [-0.15, -0.1) is 0 Å². The number of nitrogens with zero attached hydrogens (tertiary/aromatic N) is 2. The summed E-state index contributed by atoms with van der Waals surface area (Å²) in [6.45, 7) is 6.37. The van der Waals surface area contributed by atoms with E-state index >= 15 is 0 Å². The zero-order valence-corrected chi connectivity index (χ0v) is 17.7. The molecule has 4 rings (SSSR count). The van der Waals surface area contributed by atoms with E-state index in [-0.39, 0.29) is 23.6 Å². The van der Waals surface area contributed by atoms with Crippen LogP contribution in [0.25, 0.3) is 11.3 Å². The average molecular weight is 418 g/mol. The number of hydrogen-bond donors (Lipinski definition) is 1. The van der Waals surface area contributed by atoms with Gasteiger partial charge in [0.2, 0.25) is 0 Å². The van der Waals surface area contributed by atoms with E-state index in [0.29, 0.717) is 11.3 Å². The van der Waals surface area contributed by atoms with Crippen molar-refractivity contribution in [3.63, 3.8) is 0 Å². The van der Waals surface area contributed by atoms with E-state index in [2.05, 4.69) is 18.7 Å². The fourth-order valence-corrected chi connectivity index (χ4v) is 4.43. The molecular weight excluding hydrogens is 392 g/mol. The highest BCUT2D eigenvalue weighted by Gasteiger charge is 2.34. The third kappa shape index (κ3) is 4.39. The van der Waals surface area contributed by atoms with Gasteiger partial charge in [0.05, 0.1) is 17.4 Å². The van der Waals surface area contributed by atoms with E-state index in [1.165, 1.54) is 0 Å². The van der Waals surface area contributed by atoms with Crippen LogP contribution >= 0.6 is 0 Å². The Morgan fingerprint density at radius 1 is 0.968 bits per heavy atom. The van der Waals surface area contributed by atoms with Gasteiger partial charge in [-0.1, -0.05) is 30.3 Å². The van der Waals surface area contributed by atoms with Crippen LogP contribution in [0.1, 0.15) is 40.1 Å². The summed E-state index contributed by atoms with van der Waals surface area (Å²) in [5.41, 5.74) is 2.80. The summed E-state index contributed by atoms with van der Waals surface area (Å²) in [7, 11) is 0. The van der Waals surface area contributed by atoms with Crippen molar-refractivity contribution in [2.24, 2.45) is 0 Å². The van der Waals surface area contributed by atoms with Crippen LogP contribution in [0.4, 0.5) is 0 Å². The predicted molar refractivity (Wildman–Crippen MR) is 118 cm³/mol. The summed E-state index contributed by atoms with van der Waals surface area (Å²) >= 11 is 0.